The number of benzene rings is 1. The first-order chi connectivity index (χ1) is 7.97. The monoisotopic (exact) mass is 239 g/mol. The lowest BCUT2D eigenvalue weighted by Gasteiger charge is -2.05. The number of methoxy groups -OCH3 is 1. The molecule has 0 atom stereocenters. The molecule has 7 nitrogen and oxygen atoms in total. The van der Waals surface area contributed by atoms with Crippen molar-refractivity contribution in [2.24, 2.45) is 0 Å². The third-order valence-corrected chi connectivity index (χ3v) is 2.01. The number of nitro benzene ring substituents is 1. The van der Waals surface area contributed by atoms with Gasteiger partial charge in [-0.2, -0.15) is 0 Å². The molecule has 0 amide bonds. The van der Waals surface area contributed by atoms with Crippen LogP contribution < -0.4 is 4.74 Å². The zero-order valence-electron chi connectivity index (χ0n) is 8.87. The van der Waals surface area contributed by atoms with E-state index in [1.807, 2.05) is 0 Å². The number of carbonyl (C=O) groups is 2. The first-order valence-electron chi connectivity index (χ1n) is 4.53. The van der Waals surface area contributed by atoms with Gasteiger partial charge in [-0.25, -0.2) is 0 Å². The number of Topliss-reactive ketones (excluding diaryl/α,β-unsaturated/α-hetero) is 1. The van der Waals surface area contributed by atoms with Gasteiger partial charge in [0.25, 0.3) is 0 Å². The minimum Gasteiger partial charge on any atom is -0.490 e. The van der Waals surface area contributed by atoms with Crippen LogP contribution >= 0.6 is 0 Å². The predicted molar refractivity (Wildman–Crippen MR) is 56.2 cm³/mol. The maximum Gasteiger partial charge on any atom is 0.321 e. The molecule has 1 N–H and O–H groups in total. The second-order valence-electron chi connectivity index (χ2n) is 3.11. The van der Waals surface area contributed by atoms with E-state index in [4.69, 9.17) is 9.84 Å². The van der Waals surface area contributed by atoms with Crippen LogP contribution in [0.2, 0.25) is 0 Å². The van der Waals surface area contributed by atoms with Gasteiger partial charge in [-0.3, -0.25) is 19.7 Å². The summed E-state index contributed by atoms with van der Waals surface area (Å²) in [5, 5.41) is 19.3. The molecule has 0 saturated heterocycles. The van der Waals surface area contributed by atoms with Gasteiger partial charge in [0.2, 0.25) is 0 Å². The third kappa shape index (κ3) is 2.77. The Morgan fingerprint density at radius 3 is 2.59 bits per heavy atom. The lowest BCUT2D eigenvalue weighted by molar-refractivity contribution is -0.386. The van der Waals surface area contributed by atoms with E-state index in [1.165, 1.54) is 25.3 Å². The van der Waals surface area contributed by atoms with Gasteiger partial charge >= 0.3 is 11.7 Å². The SMILES string of the molecule is COc1cccc(C(=O)CC(=O)O)c1[N+](=O)[O-]. The number of nitrogens with zero attached hydrogens (tertiary/aromatic N) is 1. The van der Waals surface area contributed by atoms with Crippen LogP contribution in [0.15, 0.2) is 18.2 Å². The number of carboxylic acids is 1. The molecule has 0 aromatic heterocycles. The van der Waals surface area contributed by atoms with Gasteiger partial charge in [-0.15, -0.1) is 0 Å². The molecular formula is C10H9NO6. The summed E-state index contributed by atoms with van der Waals surface area (Å²) in [7, 11) is 1.23. The van der Waals surface area contributed by atoms with Crippen LogP contribution in [0.1, 0.15) is 16.8 Å². The molecule has 7 heteroatoms. The Balaban J connectivity index is 3.28. The number of ketones is 1. The highest BCUT2D eigenvalue weighted by Crippen LogP contribution is 2.31. The van der Waals surface area contributed by atoms with Gasteiger partial charge in [0.15, 0.2) is 11.5 Å². The van der Waals surface area contributed by atoms with E-state index in [-0.39, 0.29) is 11.3 Å². The van der Waals surface area contributed by atoms with Crippen molar-refractivity contribution in [1.29, 1.82) is 0 Å². The lowest BCUT2D eigenvalue weighted by Crippen LogP contribution is -2.10. The summed E-state index contributed by atoms with van der Waals surface area (Å²) in [4.78, 5) is 32.0. The molecule has 1 rings (SSSR count). The van der Waals surface area contributed by atoms with Crippen LogP contribution in [-0.4, -0.2) is 28.9 Å². The van der Waals surface area contributed by atoms with E-state index in [0.29, 0.717) is 0 Å². The van der Waals surface area contributed by atoms with Crippen molar-refractivity contribution in [3.05, 3.63) is 33.9 Å². The number of hydrogen-bond donors (Lipinski definition) is 1. The normalized spacial score (nSPS) is 9.71. The lowest BCUT2D eigenvalue weighted by atomic mass is 10.1. The molecule has 0 heterocycles. The zero-order valence-corrected chi connectivity index (χ0v) is 8.87. The van der Waals surface area contributed by atoms with E-state index < -0.39 is 28.8 Å². The summed E-state index contributed by atoms with van der Waals surface area (Å²) in [6.45, 7) is 0. The van der Waals surface area contributed by atoms with Crippen LogP contribution in [0.3, 0.4) is 0 Å². The number of carboxylic acid groups (broad SMARTS) is 1. The molecule has 17 heavy (non-hydrogen) atoms. The molecule has 0 aliphatic rings. The summed E-state index contributed by atoms with van der Waals surface area (Å²) in [5.74, 6) is -2.25. The number of para-hydroxylation sites is 1. The third-order valence-electron chi connectivity index (χ3n) is 2.01. The van der Waals surface area contributed by atoms with Gasteiger partial charge < -0.3 is 9.84 Å². The average Bonchev–Trinajstić information content (AvgIpc) is 2.26. The molecular weight excluding hydrogens is 230 g/mol. The quantitative estimate of drug-likeness (QED) is 0.358. The zero-order chi connectivity index (χ0) is 13.0. The highest BCUT2D eigenvalue weighted by molar-refractivity contribution is 6.08. The van der Waals surface area contributed by atoms with E-state index in [1.54, 1.807) is 0 Å². The molecule has 1 aromatic carbocycles. The summed E-state index contributed by atoms with van der Waals surface area (Å²) in [5.41, 5.74) is -0.780. The van der Waals surface area contributed by atoms with Gasteiger partial charge in [0.1, 0.15) is 6.42 Å². The van der Waals surface area contributed by atoms with Crippen LogP contribution in [0.5, 0.6) is 5.75 Å². The molecule has 0 spiro atoms. The number of rotatable bonds is 5. The first-order valence-corrected chi connectivity index (χ1v) is 4.53. The smallest absolute Gasteiger partial charge is 0.321 e. The van der Waals surface area contributed by atoms with Gasteiger partial charge in [-0.1, -0.05) is 6.07 Å². The van der Waals surface area contributed by atoms with Crippen molar-refractivity contribution in [3.8, 4) is 5.75 Å². The fraction of sp³-hybridized carbons (Fsp3) is 0.200. The van der Waals surface area contributed by atoms with Crippen molar-refractivity contribution in [3.63, 3.8) is 0 Å². The molecule has 0 bridgehead atoms. The Kier molecular flexibility index (Phi) is 3.76. The molecule has 90 valence electrons. The number of hydrogen-bond acceptors (Lipinski definition) is 5. The number of nitro groups is 1. The second kappa shape index (κ2) is 5.06. The summed E-state index contributed by atoms with van der Waals surface area (Å²) < 4.78 is 4.76. The summed E-state index contributed by atoms with van der Waals surface area (Å²) in [6, 6.07) is 3.92. The van der Waals surface area contributed by atoms with Crippen LogP contribution in [-0.2, 0) is 4.79 Å². The molecule has 0 aliphatic heterocycles. The Morgan fingerprint density at radius 2 is 2.12 bits per heavy atom. The molecule has 0 radical (unpaired) electrons. The van der Waals surface area contributed by atoms with E-state index in [2.05, 4.69) is 0 Å². The molecule has 1 aromatic rings. The van der Waals surface area contributed by atoms with E-state index >= 15 is 0 Å². The van der Waals surface area contributed by atoms with Crippen LogP contribution in [0, 0.1) is 10.1 Å². The highest BCUT2D eigenvalue weighted by Gasteiger charge is 2.26. The van der Waals surface area contributed by atoms with Gasteiger partial charge in [0.05, 0.1) is 17.6 Å². The Morgan fingerprint density at radius 1 is 1.47 bits per heavy atom. The average molecular weight is 239 g/mol. The molecule has 0 aliphatic carbocycles. The van der Waals surface area contributed by atoms with Gasteiger partial charge in [-0.05, 0) is 12.1 Å². The second-order valence-corrected chi connectivity index (χ2v) is 3.11. The number of carbonyl (C=O) groups excluding carboxylic acids is 1. The molecule has 0 unspecified atom stereocenters. The first kappa shape index (κ1) is 12.6. The Hall–Kier alpha value is -2.44. The standard InChI is InChI=1S/C10H9NO6/c1-17-8-4-2-3-6(10(8)11(15)16)7(12)5-9(13)14/h2-4H,5H2,1H3,(H,13,14). The minimum atomic E-state index is -1.34. The Labute approximate surface area is 95.8 Å². The topological polar surface area (TPSA) is 107 Å². The molecule has 0 saturated carbocycles. The summed E-state index contributed by atoms with van der Waals surface area (Å²) in [6.07, 6.45) is -0.798. The maximum absolute atomic E-state index is 11.5. The van der Waals surface area contributed by atoms with Crippen LogP contribution in [0.25, 0.3) is 0 Å². The summed E-state index contributed by atoms with van der Waals surface area (Å²) >= 11 is 0. The van der Waals surface area contributed by atoms with E-state index in [0.717, 1.165) is 0 Å². The maximum atomic E-state index is 11.5. The largest absolute Gasteiger partial charge is 0.490 e. The van der Waals surface area contributed by atoms with Crippen molar-refractivity contribution in [1.82, 2.24) is 0 Å². The highest BCUT2D eigenvalue weighted by atomic mass is 16.6. The van der Waals surface area contributed by atoms with E-state index in [9.17, 15) is 19.7 Å². The van der Waals surface area contributed by atoms with Crippen molar-refractivity contribution < 1.29 is 24.4 Å². The number of ether oxygens (including phenoxy) is 1. The van der Waals surface area contributed by atoms with Crippen molar-refractivity contribution in [2.45, 2.75) is 6.42 Å². The fourth-order valence-electron chi connectivity index (χ4n) is 1.33. The fourth-order valence-corrected chi connectivity index (χ4v) is 1.33. The van der Waals surface area contributed by atoms with Crippen molar-refractivity contribution in [2.75, 3.05) is 7.11 Å². The Bertz CT molecular complexity index is 482. The van der Waals surface area contributed by atoms with Gasteiger partial charge in [0, 0.05) is 0 Å². The predicted octanol–water partition coefficient (Wildman–Crippen LogP) is 1.26. The van der Waals surface area contributed by atoms with Crippen molar-refractivity contribution >= 4 is 17.4 Å². The minimum absolute atomic E-state index is 0.0776. The van der Waals surface area contributed by atoms with Crippen LogP contribution in [0.4, 0.5) is 5.69 Å². The molecule has 0 fully saturated rings. The number of aliphatic carboxylic acids is 1.